The van der Waals surface area contributed by atoms with E-state index in [1.807, 2.05) is 0 Å². The summed E-state index contributed by atoms with van der Waals surface area (Å²) in [5, 5.41) is 16.7. The average Bonchev–Trinajstić information content (AvgIpc) is 3.06. The normalized spacial score (nSPS) is 11.7. The summed E-state index contributed by atoms with van der Waals surface area (Å²) >= 11 is 0. The molecule has 0 spiro atoms. The van der Waals surface area contributed by atoms with Crippen LogP contribution in [0.1, 0.15) is 0 Å². The number of hydrogen-bond acceptors (Lipinski definition) is 6. The van der Waals surface area contributed by atoms with Crippen molar-refractivity contribution in [2.75, 3.05) is 25.0 Å². The summed E-state index contributed by atoms with van der Waals surface area (Å²) in [4.78, 5) is 0.0283. The van der Waals surface area contributed by atoms with E-state index in [2.05, 4.69) is 14.9 Å². The summed E-state index contributed by atoms with van der Waals surface area (Å²) in [7, 11) is -2.14. The van der Waals surface area contributed by atoms with Crippen LogP contribution in [-0.2, 0) is 27.8 Å². The highest BCUT2D eigenvalue weighted by Crippen LogP contribution is 2.14. The molecule has 2 aromatic rings. The number of hydrogen-bond donors (Lipinski definition) is 2. The molecule has 0 amide bonds. The third kappa shape index (κ3) is 4.03. The van der Waals surface area contributed by atoms with E-state index < -0.39 is 10.0 Å². The van der Waals surface area contributed by atoms with Crippen molar-refractivity contribution in [1.82, 2.24) is 19.6 Å². The largest absolute Gasteiger partial charge is 0.394 e. The lowest BCUT2D eigenvalue weighted by atomic mass is 10.6. The second kappa shape index (κ2) is 6.70. The first-order valence-electron chi connectivity index (χ1n) is 6.22. The molecule has 116 valence electrons. The zero-order valence-electron chi connectivity index (χ0n) is 11.5. The first-order chi connectivity index (χ1) is 10.0. The number of aliphatic hydroxyl groups is 1. The summed E-state index contributed by atoms with van der Waals surface area (Å²) in [5.74, 6) is 0. The van der Waals surface area contributed by atoms with Crippen LogP contribution in [-0.4, -0.2) is 53.4 Å². The van der Waals surface area contributed by atoms with Gasteiger partial charge in [0.2, 0.25) is 0 Å². The Balaban J connectivity index is 2.07. The van der Waals surface area contributed by atoms with Crippen LogP contribution >= 0.6 is 0 Å². The molecule has 0 atom stereocenters. The Morgan fingerprint density at radius 2 is 1.95 bits per heavy atom. The van der Waals surface area contributed by atoms with Gasteiger partial charge in [0.25, 0.3) is 10.0 Å². The Kier molecular flexibility index (Phi) is 4.94. The van der Waals surface area contributed by atoms with Crippen molar-refractivity contribution in [2.24, 2.45) is 0 Å². The van der Waals surface area contributed by atoms with E-state index in [4.69, 9.17) is 9.84 Å². The zero-order valence-corrected chi connectivity index (χ0v) is 12.3. The van der Waals surface area contributed by atoms with Crippen LogP contribution in [0, 0.1) is 0 Å². The van der Waals surface area contributed by atoms with Crippen molar-refractivity contribution in [3.8, 4) is 0 Å². The number of sulfonamides is 1. The second-order valence-corrected chi connectivity index (χ2v) is 5.94. The van der Waals surface area contributed by atoms with Crippen LogP contribution in [0.5, 0.6) is 0 Å². The van der Waals surface area contributed by atoms with Gasteiger partial charge < -0.3 is 9.84 Å². The van der Waals surface area contributed by atoms with Crippen molar-refractivity contribution in [3.05, 3.63) is 24.8 Å². The fourth-order valence-corrected chi connectivity index (χ4v) is 2.63. The average molecular weight is 315 g/mol. The lowest BCUT2D eigenvalue weighted by Gasteiger charge is -2.03. The molecule has 0 radical (unpaired) electrons. The van der Waals surface area contributed by atoms with Crippen molar-refractivity contribution in [2.45, 2.75) is 18.0 Å². The molecule has 0 unspecified atom stereocenters. The molecule has 0 aromatic carbocycles. The Morgan fingerprint density at radius 3 is 2.67 bits per heavy atom. The lowest BCUT2D eigenvalue weighted by Crippen LogP contribution is -2.12. The molecule has 2 N–H and O–H groups in total. The number of nitrogens with one attached hydrogen (secondary N) is 1. The minimum Gasteiger partial charge on any atom is -0.394 e. The first kappa shape index (κ1) is 15.5. The van der Waals surface area contributed by atoms with Crippen LogP contribution < -0.4 is 4.72 Å². The van der Waals surface area contributed by atoms with E-state index in [1.54, 1.807) is 18.0 Å². The van der Waals surface area contributed by atoms with E-state index in [0.717, 1.165) is 0 Å². The minimum absolute atomic E-state index is 0.0283. The summed E-state index contributed by atoms with van der Waals surface area (Å²) in [5.41, 5.74) is 0.362. The number of rotatable bonds is 8. The van der Waals surface area contributed by atoms with Crippen LogP contribution in [0.15, 0.2) is 29.7 Å². The van der Waals surface area contributed by atoms with Crippen LogP contribution in [0.2, 0.25) is 0 Å². The van der Waals surface area contributed by atoms with E-state index in [-0.39, 0.29) is 18.0 Å². The quantitative estimate of drug-likeness (QED) is 0.680. The van der Waals surface area contributed by atoms with E-state index in [9.17, 15) is 8.42 Å². The molecule has 0 aliphatic heterocycles. The van der Waals surface area contributed by atoms with Gasteiger partial charge in [-0.15, -0.1) is 0 Å². The summed E-state index contributed by atoms with van der Waals surface area (Å²) < 4.78 is 34.6. The Hall–Kier alpha value is -1.91. The number of nitrogens with zero attached hydrogens (tertiary/aromatic N) is 4. The Bertz CT molecular complexity index is 678. The van der Waals surface area contributed by atoms with Crippen molar-refractivity contribution < 1.29 is 18.3 Å². The standard InChI is InChI=1S/C11H17N5O4S/c1-20-5-3-16-8-10(6-12-16)14-21(18,19)11-7-13-15(9-11)2-4-17/h6-9,14,17H,2-5H2,1H3. The number of ether oxygens (including phenoxy) is 1. The molecule has 10 heteroatoms. The summed E-state index contributed by atoms with van der Waals surface area (Å²) in [6, 6.07) is 0. The van der Waals surface area contributed by atoms with Gasteiger partial charge in [-0.2, -0.15) is 10.2 Å². The fourth-order valence-electron chi connectivity index (χ4n) is 1.65. The molecule has 0 aliphatic rings. The highest BCUT2D eigenvalue weighted by molar-refractivity contribution is 7.92. The third-order valence-electron chi connectivity index (χ3n) is 2.66. The molecule has 0 saturated heterocycles. The monoisotopic (exact) mass is 315 g/mol. The van der Waals surface area contributed by atoms with Crippen molar-refractivity contribution in [3.63, 3.8) is 0 Å². The molecular weight excluding hydrogens is 298 g/mol. The number of methoxy groups -OCH3 is 1. The van der Waals surface area contributed by atoms with Gasteiger partial charge in [-0.1, -0.05) is 0 Å². The van der Waals surface area contributed by atoms with Gasteiger partial charge in [0.1, 0.15) is 4.90 Å². The van der Waals surface area contributed by atoms with Crippen LogP contribution in [0.25, 0.3) is 0 Å². The first-order valence-corrected chi connectivity index (χ1v) is 7.71. The molecule has 2 rings (SSSR count). The zero-order chi connectivity index (χ0) is 15.3. The molecule has 9 nitrogen and oxygen atoms in total. The Labute approximate surface area is 122 Å². The van der Waals surface area contributed by atoms with Crippen molar-refractivity contribution in [1.29, 1.82) is 0 Å². The molecule has 2 aromatic heterocycles. The van der Waals surface area contributed by atoms with Gasteiger partial charge in [-0.3, -0.25) is 14.1 Å². The summed E-state index contributed by atoms with van der Waals surface area (Å²) in [6.07, 6.45) is 5.58. The molecular formula is C11H17N5O4S. The van der Waals surface area contributed by atoms with Gasteiger partial charge in [0, 0.05) is 19.5 Å². The predicted molar refractivity (Wildman–Crippen MR) is 74.2 cm³/mol. The summed E-state index contributed by atoms with van der Waals surface area (Å²) in [6.45, 7) is 1.15. The van der Waals surface area contributed by atoms with Crippen LogP contribution in [0.3, 0.4) is 0 Å². The van der Waals surface area contributed by atoms with Gasteiger partial charge >= 0.3 is 0 Å². The van der Waals surface area contributed by atoms with Gasteiger partial charge in [-0.05, 0) is 0 Å². The maximum atomic E-state index is 12.2. The maximum Gasteiger partial charge on any atom is 0.265 e. The molecule has 2 heterocycles. The molecule has 21 heavy (non-hydrogen) atoms. The smallest absolute Gasteiger partial charge is 0.265 e. The van der Waals surface area contributed by atoms with E-state index in [1.165, 1.54) is 23.3 Å². The Morgan fingerprint density at radius 1 is 1.24 bits per heavy atom. The highest BCUT2D eigenvalue weighted by Gasteiger charge is 2.17. The third-order valence-corrected chi connectivity index (χ3v) is 3.99. The number of aliphatic hydroxyl groups excluding tert-OH is 1. The van der Waals surface area contributed by atoms with Crippen molar-refractivity contribution >= 4 is 15.7 Å². The van der Waals surface area contributed by atoms with E-state index >= 15 is 0 Å². The molecule has 0 saturated carbocycles. The fraction of sp³-hybridized carbons (Fsp3) is 0.455. The van der Waals surface area contributed by atoms with E-state index in [0.29, 0.717) is 18.8 Å². The SMILES string of the molecule is COCCn1cc(NS(=O)(=O)c2cnn(CCO)c2)cn1. The van der Waals surface area contributed by atoms with Gasteiger partial charge in [0.15, 0.2) is 0 Å². The number of aromatic nitrogens is 4. The minimum atomic E-state index is -3.72. The lowest BCUT2D eigenvalue weighted by molar-refractivity contribution is 0.183. The highest BCUT2D eigenvalue weighted by atomic mass is 32.2. The van der Waals surface area contributed by atoms with Gasteiger partial charge in [0.05, 0.1) is 44.4 Å². The van der Waals surface area contributed by atoms with Gasteiger partial charge in [-0.25, -0.2) is 8.42 Å². The predicted octanol–water partition coefficient (Wildman–Crippen LogP) is -0.481. The topological polar surface area (TPSA) is 111 Å². The van der Waals surface area contributed by atoms with Crippen LogP contribution in [0.4, 0.5) is 5.69 Å². The second-order valence-electron chi connectivity index (χ2n) is 4.25. The molecule has 0 fully saturated rings. The molecule has 0 aliphatic carbocycles. The maximum absolute atomic E-state index is 12.2. The molecule has 0 bridgehead atoms. The number of anilines is 1.